The summed E-state index contributed by atoms with van der Waals surface area (Å²) in [5.74, 6) is -1.81. The van der Waals surface area contributed by atoms with Crippen molar-refractivity contribution in [3.63, 3.8) is 0 Å². The van der Waals surface area contributed by atoms with Crippen LogP contribution in [0.2, 0.25) is 0 Å². The Kier molecular flexibility index (Phi) is 3.21. The number of halogens is 2. The molecule has 124 valence electrons. The number of benzene rings is 1. The van der Waals surface area contributed by atoms with Gasteiger partial charge in [-0.05, 0) is 31.0 Å². The standard InChI is InChI=1S/C16H13F2N3O2S/c1-24(22,23)16-6-10(8-19-20-16)14-5-9-4-12(17)13(18)7-15(9)21(14)11-2-3-11/h4-8,11H,2-3H2,1H3. The van der Waals surface area contributed by atoms with Gasteiger partial charge in [0.15, 0.2) is 26.5 Å². The van der Waals surface area contributed by atoms with Gasteiger partial charge in [0.2, 0.25) is 0 Å². The van der Waals surface area contributed by atoms with Crippen molar-refractivity contribution in [1.29, 1.82) is 0 Å². The third kappa shape index (κ3) is 2.47. The molecule has 0 amide bonds. The Morgan fingerprint density at radius 1 is 1.12 bits per heavy atom. The lowest BCUT2D eigenvalue weighted by Crippen LogP contribution is -2.03. The van der Waals surface area contributed by atoms with Gasteiger partial charge >= 0.3 is 0 Å². The van der Waals surface area contributed by atoms with Gasteiger partial charge < -0.3 is 4.57 Å². The predicted molar refractivity (Wildman–Crippen MR) is 84.3 cm³/mol. The van der Waals surface area contributed by atoms with Crippen molar-refractivity contribution >= 4 is 20.7 Å². The largest absolute Gasteiger partial charge is 0.337 e. The summed E-state index contributed by atoms with van der Waals surface area (Å²) in [5, 5.41) is 7.83. The van der Waals surface area contributed by atoms with Crippen molar-refractivity contribution < 1.29 is 17.2 Å². The molecule has 5 nitrogen and oxygen atoms in total. The lowest BCUT2D eigenvalue weighted by molar-refractivity contribution is 0.510. The van der Waals surface area contributed by atoms with E-state index in [4.69, 9.17) is 0 Å². The zero-order chi connectivity index (χ0) is 17.1. The molecule has 3 aromatic rings. The molecule has 8 heteroatoms. The second-order valence-corrected chi connectivity index (χ2v) is 7.97. The number of fused-ring (bicyclic) bond motifs is 1. The zero-order valence-corrected chi connectivity index (χ0v) is 13.5. The maximum absolute atomic E-state index is 13.7. The average molecular weight is 349 g/mol. The van der Waals surface area contributed by atoms with E-state index in [0.29, 0.717) is 22.2 Å². The molecule has 4 rings (SSSR count). The van der Waals surface area contributed by atoms with E-state index in [0.717, 1.165) is 25.2 Å². The van der Waals surface area contributed by atoms with Gasteiger partial charge in [-0.15, -0.1) is 5.10 Å². The molecule has 0 radical (unpaired) electrons. The molecule has 2 heterocycles. The minimum absolute atomic E-state index is 0.134. The first-order valence-electron chi connectivity index (χ1n) is 7.38. The Labute approximate surface area is 136 Å². The summed E-state index contributed by atoms with van der Waals surface area (Å²) in [6.07, 6.45) is 4.39. The average Bonchev–Trinajstić information content (AvgIpc) is 3.30. The van der Waals surface area contributed by atoms with E-state index in [1.807, 2.05) is 4.57 Å². The van der Waals surface area contributed by atoms with E-state index in [2.05, 4.69) is 10.2 Å². The molecule has 24 heavy (non-hydrogen) atoms. The first-order chi connectivity index (χ1) is 11.3. The van der Waals surface area contributed by atoms with E-state index >= 15 is 0 Å². The molecule has 1 aliphatic rings. The fourth-order valence-electron chi connectivity index (χ4n) is 2.84. The minimum Gasteiger partial charge on any atom is -0.337 e. The number of hydrogen-bond donors (Lipinski definition) is 0. The molecule has 1 saturated carbocycles. The van der Waals surface area contributed by atoms with Gasteiger partial charge in [0, 0.05) is 29.3 Å². The molecule has 0 saturated heterocycles. The summed E-state index contributed by atoms with van der Waals surface area (Å²) in [6, 6.07) is 5.68. The fourth-order valence-corrected chi connectivity index (χ4v) is 3.38. The maximum atomic E-state index is 13.7. The summed E-state index contributed by atoms with van der Waals surface area (Å²) in [6.45, 7) is 0. The van der Waals surface area contributed by atoms with Crippen LogP contribution in [-0.4, -0.2) is 29.4 Å². The van der Waals surface area contributed by atoms with Gasteiger partial charge in [0.1, 0.15) is 0 Å². The first-order valence-corrected chi connectivity index (χ1v) is 9.27. The van der Waals surface area contributed by atoms with Crippen LogP contribution in [0.25, 0.3) is 22.2 Å². The highest BCUT2D eigenvalue weighted by Gasteiger charge is 2.29. The van der Waals surface area contributed by atoms with Crippen molar-refractivity contribution in [3.05, 3.63) is 42.1 Å². The van der Waals surface area contributed by atoms with Crippen molar-refractivity contribution in [2.45, 2.75) is 23.9 Å². The number of hydrogen-bond acceptors (Lipinski definition) is 4. The van der Waals surface area contributed by atoms with Crippen molar-refractivity contribution in [2.24, 2.45) is 0 Å². The smallest absolute Gasteiger partial charge is 0.194 e. The molecule has 0 spiro atoms. The molecule has 1 fully saturated rings. The third-order valence-corrected chi connectivity index (χ3v) is 5.06. The Balaban J connectivity index is 1.99. The minimum atomic E-state index is -3.50. The first kappa shape index (κ1) is 15.2. The van der Waals surface area contributed by atoms with Crippen molar-refractivity contribution in [2.75, 3.05) is 6.26 Å². The Morgan fingerprint density at radius 3 is 2.50 bits per heavy atom. The van der Waals surface area contributed by atoms with Gasteiger partial charge in [0.05, 0.1) is 17.4 Å². The molecular weight excluding hydrogens is 336 g/mol. The van der Waals surface area contributed by atoms with E-state index in [-0.39, 0.29) is 11.1 Å². The van der Waals surface area contributed by atoms with Crippen LogP contribution >= 0.6 is 0 Å². The van der Waals surface area contributed by atoms with E-state index < -0.39 is 21.5 Å². The highest BCUT2D eigenvalue weighted by atomic mass is 32.2. The summed E-state index contributed by atoms with van der Waals surface area (Å²) < 4.78 is 52.5. The summed E-state index contributed by atoms with van der Waals surface area (Å²) in [7, 11) is -3.50. The number of aromatic nitrogens is 3. The summed E-state index contributed by atoms with van der Waals surface area (Å²) >= 11 is 0. The molecular formula is C16H13F2N3O2S. The number of sulfone groups is 1. The summed E-state index contributed by atoms with van der Waals surface area (Å²) in [5.41, 5.74) is 1.82. The van der Waals surface area contributed by atoms with Crippen LogP contribution in [0, 0.1) is 11.6 Å². The summed E-state index contributed by atoms with van der Waals surface area (Å²) in [4.78, 5) is 0. The van der Waals surface area contributed by atoms with E-state index in [1.165, 1.54) is 18.3 Å². The van der Waals surface area contributed by atoms with Crippen molar-refractivity contribution in [3.8, 4) is 11.3 Å². The lowest BCUT2D eigenvalue weighted by atomic mass is 10.2. The van der Waals surface area contributed by atoms with E-state index in [1.54, 1.807) is 6.07 Å². The second kappa shape index (κ2) is 5.07. The van der Waals surface area contributed by atoms with Crippen LogP contribution < -0.4 is 0 Å². The maximum Gasteiger partial charge on any atom is 0.194 e. The molecule has 0 unspecified atom stereocenters. The monoisotopic (exact) mass is 349 g/mol. The fraction of sp³-hybridized carbons (Fsp3) is 0.250. The second-order valence-electron chi connectivity index (χ2n) is 6.01. The van der Waals surface area contributed by atoms with Gasteiger partial charge in [-0.2, -0.15) is 5.10 Å². The molecule has 2 aromatic heterocycles. The Morgan fingerprint density at radius 2 is 1.83 bits per heavy atom. The highest BCUT2D eigenvalue weighted by Crippen LogP contribution is 2.42. The van der Waals surface area contributed by atoms with Crippen LogP contribution in [0.5, 0.6) is 0 Å². The molecule has 0 N–H and O–H groups in total. The van der Waals surface area contributed by atoms with Crippen LogP contribution in [0.3, 0.4) is 0 Å². The zero-order valence-electron chi connectivity index (χ0n) is 12.7. The van der Waals surface area contributed by atoms with Crippen LogP contribution in [0.1, 0.15) is 18.9 Å². The molecule has 1 aliphatic carbocycles. The van der Waals surface area contributed by atoms with Gasteiger partial charge in [-0.1, -0.05) is 0 Å². The normalized spacial score (nSPS) is 15.1. The van der Waals surface area contributed by atoms with Gasteiger partial charge in [-0.25, -0.2) is 17.2 Å². The topological polar surface area (TPSA) is 64.8 Å². The highest BCUT2D eigenvalue weighted by molar-refractivity contribution is 7.90. The van der Waals surface area contributed by atoms with Crippen LogP contribution in [-0.2, 0) is 9.84 Å². The molecule has 0 bridgehead atoms. The van der Waals surface area contributed by atoms with Crippen LogP contribution in [0.15, 0.2) is 35.5 Å². The van der Waals surface area contributed by atoms with Gasteiger partial charge in [-0.3, -0.25) is 0 Å². The Bertz CT molecular complexity index is 1070. The Hall–Kier alpha value is -2.35. The van der Waals surface area contributed by atoms with E-state index in [9.17, 15) is 17.2 Å². The molecule has 1 aromatic carbocycles. The molecule has 0 aliphatic heterocycles. The third-order valence-electron chi connectivity index (χ3n) is 4.10. The van der Waals surface area contributed by atoms with Crippen molar-refractivity contribution in [1.82, 2.24) is 14.8 Å². The number of nitrogens with zero attached hydrogens (tertiary/aromatic N) is 3. The number of rotatable bonds is 3. The lowest BCUT2D eigenvalue weighted by Gasteiger charge is -2.10. The quantitative estimate of drug-likeness (QED) is 0.729. The SMILES string of the molecule is CS(=O)(=O)c1cc(-c2cc3cc(F)c(F)cc3n2C2CC2)cnn1. The molecule has 0 atom stereocenters. The van der Waals surface area contributed by atoms with Gasteiger partial charge in [0.25, 0.3) is 0 Å². The van der Waals surface area contributed by atoms with Crippen LogP contribution in [0.4, 0.5) is 8.78 Å². The predicted octanol–water partition coefficient (Wildman–Crippen LogP) is 3.11.